The van der Waals surface area contributed by atoms with Crippen LogP contribution in [-0.4, -0.2) is 32.5 Å². The van der Waals surface area contributed by atoms with Crippen LogP contribution in [0.2, 0.25) is 0 Å². The average molecular weight is 508 g/mol. The number of carbonyl (C=O) groups is 2. The molecular formula is C28H43ClFN3O2. The van der Waals surface area contributed by atoms with E-state index in [0.29, 0.717) is 40.4 Å². The van der Waals surface area contributed by atoms with Gasteiger partial charge in [-0.3, -0.25) is 9.59 Å². The molecule has 1 aromatic carbocycles. The van der Waals surface area contributed by atoms with Crippen LogP contribution in [-0.2, 0) is 9.59 Å². The van der Waals surface area contributed by atoms with Crippen molar-refractivity contribution in [3.05, 3.63) is 65.0 Å². The second-order valence-corrected chi connectivity index (χ2v) is 10.4. The SMILES string of the molecule is C=C/C(Cl)=C\C=C/C[C@H]1CNCC1c1cc(F)c(C)cc1NC=O.CC(C)(C)C.CCCNC=O. The zero-order valence-electron chi connectivity index (χ0n) is 22.1. The Hall–Kier alpha value is -2.44. The van der Waals surface area contributed by atoms with Crippen molar-refractivity contribution in [3.63, 3.8) is 0 Å². The van der Waals surface area contributed by atoms with Gasteiger partial charge in [-0.2, -0.15) is 0 Å². The summed E-state index contributed by atoms with van der Waals surface area (Å²) in [6, 6.07) is 3.24. The molecule has 1 unspecified atom stereocenters. The molecule has 5 nitrogen and oxygen atoms in total. The molecule has 0 radical (unpaired) electrons. The molecule has 0 aliphatic carbocycles. The van der Waals surface area contributed by atoms with Gasteiger partial charge < -0.3 is 16.0 Å². The van der Waals surface area contributed by atoms with E-state index in [9.17, 15) is 14.0 Å². The predicted molar refractivity (Wildman–Crippen MR) is 147 cm³/mol. The Kier molecular flexibility index (Phi) is 16.7. The highest BCUT2D eigenvalue weighted by atomic mass is 35.5. The number of rotatable bonds is 10. The quantitative estimate of drug-likeness (QED) is 0.193. The largest absolute Gasteiger partial charge is 0.359 e. The first kappa shape index (κ1) is 32.6. The lowest BCUT2D eigenvalue weighted by atomic mass is 9.85. The van der Waals surface area contributed by atoms with Crippen molar-refractivity contribution in [2.75, 3.05) is 25.0 Å². The Bertz CT molecular complexity index is 841. The number of hydrogen-bond donors (Lipinski definition) is 3. The summed E-state index contributed by atoms with van der Waals surface area (Å²) in [6.45, 7) is 18.5. The Balaban J connectivity index is 0.000000877. The van der Waals surface area contributed by atoms with E-state index in [1.54, 1.807) is 31.2 Å². The van der Waals surface area contributed by atoms with E-state index in [4.69, 9.17) is 11.6 Å². The van der Waals surface area contributed by atoms with Crippen LogP contribution in [0, 0.1) is 24.1 Å². The zero-order chi connectivity index (χ0) is 26.9. The van der Waals surface area contributed by atoms with Crippen LogP contribution >= 0.6 is 11.6 Å². The maximum atomic E-state index is 14.0. The number of amides is 2. The molecule has 1 fully saturated rings. The summed E-state index contributed by atoms with van der Waals surface area (Å²) in [6.07, 6.45) is 10.5. The van der Waals surface area contributed by atoms with Gasteiger partial charge in [0.2, 0.25) is 12.8 Å². The average Bonchev–Trinajstić information content (AvgIpc) is 3.25. The summed E-state index contributed by atoms with van der Waals surface area (Å²) < 4.78 is 14.0. The summed E-state index contributed by atoms with van der Waals surface area (Å²) in [5.74, 6) is 0.223. The van der Waals surface area contributed by atoms with Crippen molar-refractivity contribution in [3.8, 4) is 0 Å². The smallest absolute Gasteiger partial charge is 0.211 e. The van der Waals surface area contributed by atoms with E-state index in [2.05, 4.69) is 50.2 Å². The van der Waals surface area contributed by atoms with Crippen LogP contribution in [0.4, 0.5) is 10.1 Å². The number of nitrogens with one attached hydrogen (secondary N) is 3. The van der Waals surface area contributed by atoms with Crippen molar-refractivity contribution in [1.29, 1.82) is 0 Å². The minimum atomic E-state index is -0.247. The van der Waals surface area contributed by atoms with Crippen LogP contribution < -0.4 is 16.0 Å². The molecule has 0 spiro atoms. The maximum absolute atomic E-state index is 14.0. The molecule has 1 aliphatic rings. The summed E-state index contributed by atoms with van der Waals surface area (Å²) in [7, 11) is 0. The first-order valence-electron chi connectivity index (χ1n) is 12.0. The molecule has 1 heterocycles. The first-order chi connectivity index (χ1) is 16.5. The number of carbonyl (C=O) groups excluding carboxylic acids is 2. The van der Waals surface area contributed by atoms with Crippen LogP contribution in [0.15, 0.2) is 48.0 Å². The summed E-state index contributed by atoms with van der Waals surface area (Å²) >= 11 is 5.87. The molecule has 2 amide bonds. The Morgan fingerprint density at radius 1 is 1.23 bits per heavy atom. The van der Waals surface area contributed by atoms with E-state index < -0.39 is 0 Å². The molecule has 7 heteroatoms. The molecule has 0 bridgehead atoms. The predicted octanol–water partition coefficient (Wildman–Crippen LogP) is 6.46. The van der Waals surface area contributed by atoms with Crippen LogP contribution in [0.5, 0.6) is 0 Å². The molecule has 35 heavy (non-hydrogen) atoms. The minimum absolute atomic E-state index is 0.144. The monoisotopic (exact) mass is 507 g/mol. The molecule has 196 valence electrons. The van der Waals surface area contributed by atoms with Crippen LogP contribution in [0.25, 0.3) is 0 Å². The van der Waals surface area contributed by atoms with Gasteiger partial charge in [-0.1, -0.05) is 71.0 Å². The van der Waals surface area contributed by atoms with Crippen molar-refractivity contribution in [1.82, 2.24) is 10.6 Å². The van der Waals surface area contributed by atoms with Gasteiger partial charge in [0.05, 0.1) is 0 Å². The van der Waals surface area contributed by atoms with E-state index in [0.717, 1.165) is 38.0 Å². The lowest BCUT2D eigenvalue weighted by Crippen LogP contribution is -2.13. The fourth-order valence-electron chi connectivity index (χ4n) is 3.22. The standard InChI is InChI=1S/C19H22ClFN2O.C5H12.C4H9NO/c1-3-15(20)7-5-4-6-14-10-22-11-17(14)16-9-18(21)13(2)8-19(16)23-12-24;1-5(2,3)4;1-2-3-5-4-6/h3-5,7-9,12,14,17,22H,1,6,10-11H2,2H3,(H,23,24);1-4H3;4H,2-3H2,1H3,(H,5,6)/b5-4-,15-7+;;/t14-,17?;;/m0../s1. The van der Waals surface area contributed by atoms with Gasteiger partial charge >= 0.3 is 0 Å². The topological polar surface area (TPSA) is 70.2 Å². The van der Waals surface area contributed by atoms with E-state index in [1.807, 2.05) is 19.1 Å². The van der Waals surface area contributed by atoms with Gasteiger partial charge in [0, 0.05) is 29.7 Å². The number of benzene rings is 1. The lowest BCUT2D eigenvalue weighted by Gasteiger charge is -2.21. The Labute approximate surface area is 216 Å². The maximum Gasteiger partial charge on any atom is 0.211 e. The van der Waals surface area contributed by atoms with Crippen LogP contribution in [0.1, 0.15) is 64.5 Å². The second-order valence-electron chi connectivity index (χ2n) is 9.97. The number of hydrogen-bond acceptors (Lipinski definition) is 3. The van der Waals surface area contributed by atoms with Gasteiger partial charge in [0.15, 0.2) is 0 Å². The third kappa shape index (κ3) is 15.2. The number of aryl methyl sites for hydroxylation is 1. The summed E-state index contributed by atoms with van der Waals surface area (Å²) in [5, 5.41) is 9.16. The first-order valence-corrected chi connectivity index (χ1v) is 12.4. The molecule has 1 aliphatic heterocycles. The van der Waals surface area contributed by atoms with E-state index in [-0.39, 0.29) is 11.7 Å². The highest BCUT2D eigenvalue weighted by Crippen LogP contribution is 2.36. The molecular weight excluding hydrogens is 465 g/mol. The second kappa shape index (κ2) is 17.9. The van der Waals surface area contributed by atoms with Crippen molar-refractivity contribution in [2.24, 2.45) is 11.3 Å². The molecule has 2 rings (SSSR count). The van der Waals surface area contributed by atoms with Gasteiger partial charge in [0.25, 0.3) is 0 Å². The third-order valence-corrected chi connectivity index (χ3v) is 5.07. The van der Waals surface area contributed by atoms with Crippen LogP contribution in [0.3, 0.4) is 0 Å². The zero-order valence-corrected chi connectivity index (χ0v) is 22.8. The van der Waals surface area contributed by atoms with Gasteiger partial charge in [0.1, 0.15) is 5.82 Å². The van der Waals surface area contributed by atoms with Crippen molar-refractivity contribution < 1.29 is 14.0 Å². The highest BCUT2D eigenvalue weighted by molar-refractivity contribution is 6.31. The summed E-state index contributed by atoms with van der Waals surface area (Å²) in [4.78, 5) is 20.3. The Morgan fingerprint density at radius 2 is 1.89 bits per heavy atom. The summed E-state index contributed by atoms with van der Waals surface area (Å²) in [5.41, 5.74) is 2.55. The van der Waals surface area contributed by atoms with Gasteiger partial charge in [-0.05, 0) is 67.0 Å². The Morgan fingerprint density at radius 3 is 2.40 bits per heavy atom. The molecule has 2 atom stereocenters. The number of anilines is 1. The lowest BCUT2D eigenvalue weighted by molar-refractivity contribution is -0.109. The van der Waals surface area contributed by atoms with Gasteiger partial charge in [-0.15, -0.1) is 0 Å². The normalized spacial score (nSPS) is 17.5. The van der Waals surface area contributed by atoms with Crippen molar-refractivity contribution in [2.45, 2.75) is 60.3 Å². The number of allylic oxidation sites excluding steroid dienone is 5. The van der Waals surface area contributed by atoms with E-state index >= 15 is 0 Å². The molecule has 3 N–H and O–H groups in total. The molecule has 0 saturated carbocycles. The molecule has 0 aromatic heterocycles. The van der Waals surface area contributed by atoms with Gasteiger partial charge in [-0.25, -0.2) is 4.39 Å². The fourth-order valence-corrected chi connectivity index (χ4v) is 3.29. The molecule has 1 aromatic rings. The molecule has 1 saturated heterocycles. The number of halogens is 2. The van der Waals surface area contributed by atoms with E-state index in [1.165, 1.54) is 0 Å². The highest BCUT2D eigenvalue weighted by Gasteiger charge is 2.29. The third-order valence-electron chi connectivity index (χ3n) is 4.79. The minimum Gasteiger partial charge on any atom is -0.359 e. The fraction of sp³-hybridized carbons (Fsp3) is 0.500. The van der Waals surface area contributed by atoms with Crippen molar-refractivity contribution >= 4 is 30.1 Å².